The molecule has 0 aliphatic heterocycles. The zero-order valence-electron chi connectivity index (χ0n) is 13.6. The topological polar surface area (TPSA) is 104 Å². The summed E-state index contributed by atoms with van der Waals surface area (Å²) >= 11 is 0. The molecule has 0 saturated heterocycles. The van der Waals surface area contributed by atoms with Crippen LogP contribution >= 0.6 is 0 Å². The summed E-state index contributed by atoms with van der Waals surface area (Å²) in [6.45, 7) is 3.73. The predicted molar refractivity (Wildman–Crippen MR) is 85.7 cm³/mol. The van der Waals surface area contributed by atoms with Crippen LogP contribution in [0, 0.1) is 5.92 Å². The number of amides is 1. The standard InChI is InChI=1S/C15H22N2O5S/c1-10(2)9-13(15(19)20)16-14(18)11-5-7-12(8-6-11)23(21,22)17(3)4/h5-8,10,13H,9H2,1-4H3,(H,16,18)(H,19,20)/t13-/m0/s1. The van der Waals surface area contributed by atoms with Crippen molar-refractivity contribution < 1.29 is 23.1 Å². The number of rotatable bonds is 7. The summed E-state index contributed by atoms with van der Waals surface area (Å²) in [5.41, 5.74) is 0.206. The number of hydrogen-bond acceptors (Lipinski definition) is 4. The summed E-state index contributed by atoms with van der Waals surface area (Å²) in [6.07, 6.45) is 0.314. The van der Waals surface area contributed by atoms with E-state index in [-0.39, 0.29) is 16.4 Å². The maximum absolute atomic E-state index is 12.1. The molecule has 0 radical (unpaired) electrons. The smallest absolute Gasteiger partial charge is 0.326 e. The molecule has 8 heteroatoms. The first kappa shape index (κ1) is 19.1. The van der Waals surface area contributed by atoms with Gasteiger partial charge in [0.2, 0.25) is 10.0 Å². The highest BCUT2D eigenvalue weighted by atomic mass is 32.2. The second-order valence-electron chi connectivity index (χ2n) is 5.81. The molecular weight excluding hydrogens is 320 g/mol. The van der Waals surface area contributed by atoms with Crippen LogP contribution < -0.4 is 5.32 Å². The number of hydrogen-bond donors (Lipinski definition) is 2. The number of nitrogens with zero attached hydrogens (tertiary/aromatic N) is 1. The Kier molecular flexibility index (Phi) is 6.28. The lowest BCUT2D eigenvalue weighted by Gasteiger charge is -2.16. The zero-order valence-corrected chi connectivity index (χ0v) is 14.4. The fourth-order valence-electron chi connectivity index (χ4n) is 1.92. The van der Waals surface area contributed by atoms with Gasteiger partial charge in [0.05, 0.1) is 4.90 Å². The number of benzene rings is 1. The maximum Gasteiger partial charge on any atom is 0.326 e. The van der Waals surface area contributed by atoms with Crippen LogP contribution in [0.3, 0.4) is 0 Å². The van der Waals surface area contributed by atoms with Crippen LogP contribution in [-0.4, -0.2) is 49.8 Å². The third-order valence-corrected chi connectivity index (χ3v) is 5.03. The van der Waals surface area contributed by atoms with Crippen molar-refractivity contribution >= 4 is 21.9 Å². The number of sulfonamides is 1. The summed E-state index contributed by atoms with van der Waals surface area (Å²) < 4.78 is 25.0. The van der Waals surface area contributed by atoms with Gasteiger partial charge in [-0.25, -0.2) is 17.5 Å². The Balaban J connectivity index is 2.91. The SMILES string of the molecule is CC(C)C[C@H](NC(=O)c1ccc(S(=O)(=O)N(C)C)cc1)C(=O)O. The Bertz CT molecular complexity index is 666. The van der Waals surface area contributed by atoms with Crippen LogP contribution in [0.2, 0.25) is 0 Å². The van der Waals surface area contributed by atoms with E-state index in [1.165, 1.54) is 38.4 Å². The minimum Gasteiger partial charge on any atom is -0.480 e. The Morgan fingerprint density at radius 3 is 2.09 bits per heavy atom. The lowest BCUT2D eigenvalue weighted by atomic mass is 10.0. The van der Waals surface area contributed by atoms with E-state index >= 15 is 0 Å². The summed E-state index contributed by atoms with van der Waals surface area (Å²) in [6, 6.07) is 4.39. The second-order valence-corrected chi connectivity index (χ2v) is 7.96. The zero-order chi connectivity index (χ0) is 17.8. The summed E-state index contributed by atoms with van der Waals surface area (Å²) in [4.78, 5) is 23.3. The molecule has 0 heterocycles. The second kappa shape index (κ2) is 7.56. The van der Waals surface area contributed by atoms with Gasteiger partial charge in [0.25, 0.3) is 5.91 Å². The van der Waals surface area contributed by atoms with Crippen LogP contribution in [0.25, 0.3) is 0 Å². The van der Waals surface area contributed by atoms with E-state index in [4.69, 9.17) is 5.11 Å². The molecule has 7 nitrogen and oxygen atoms in total. The van der Waals surface area contributed by atoms with Crippen LogP contribution in [0.1, 0.15) is 30.6 Å². The summed E-state index contributed by atoms with van der Waals surface area (Å²) in [5, 5.41) is 11.6. The van der Waals surface area contributed by atoms with Crippen molar-refractivity contribution in [1.29, 1.82) is 0 Å². The molecule has 23 heavy (non-hydrogen) atoms. The lowest BCUT2D eigenvalue weighted by molar-refractivity contribution is -0.139. The maximum atomic E-state index is 12.1. The molecule has 0 spiro atoms. The van der Waals surface area contributed by atoms with Crippen molar-refractivity contribution in [3.8, 4) is 0 Å². The minimum absolute atomic E-state index is 0.0658. The van der Waals surface area contributed by atoms with Crippen molar-refractivity contribution in [2.75, 3.05) is 14.1 Å². The molecule has 0 bridgehead atoms. The van der Waals surface area contributed by atoms with Gasteiger partial charge < -0.3 is 10.4 Å². The highest BCUT2D eigenvalue weighted by Crippen LogP contribution is 2.14. The third kappa shape index (κ3) is 5.04. The number of aliphatic carboxylic acids is 1. The first-order valence-electron chi connectivity index (χ1n) is 7.12. The van der Waals surface area contributed by atoms with Gasteiger partial charge in [0, 0.05) is 19.7 Å². The number of carbonyl (C=O) groups excluding carboxylic acids is 1. The van der Waals surface area contributed by atoms with E-state index in [0.29, 0.717) is 6.42 Å². The van der Waals surface area contributed by atoms with Crippen LogP contribution in [0.5, 0.6) is 0 Å². The molecule has 0 unspecified atom stereocenters. The Labute approximate surface area is 136 Å². The molecule has 0 fully saturated rings. The predicted octanol–water partition coefficient (Wildman–Crippen LogP) is 1.17. The molecular formula is C15H22N2O5S. The van der Waals surface area contributed by atoms with Gasteiger partial charge in [-0.15, -0.1) is 0 Å². The Morgan fingerprint density at radius 2 is 1.70 bits per heavy atom. The van der Waals surface area contributed by atoms with Gasteiger partial charge in [-0.2, -0.15) is 0 Å². The van der Waals surface area contributed by atoms with Crippen molar-refractivity contribution in [2.45, 2.75) is 31.2 Å². The molecule has 1 aromatic rings. The summed E-state index contributed by atoms with van der Waals surface area (Å²) in [5.74, 6) is -1.53. The van der Waals surface area contributed by atoms with Gasteiger partial charge in [0.15, 0.2) is 0 Å². The number of carbonyl (C=O) groups is 2. The van der Waals surface area contributed by atoms with E-state index in [1.54, 1.807) is 0 Å². The van der Waals surface area contributed by atoms with Gasteiger partial charge in [-0.3, -0.25) is 4.79 Å². The van der Waals surface area contributed by atoms with Crippen molar-refractivity contribution in [3.63, 3.8) is 0 Å². The van der Waals surface area contributed by atoms with Crippen molar-refractivity contribution in [3.05, 3.63) is 29.8 Å². The molecule has 1 aromatic carbocycles. The number of nitrogens with one attached hydrogen (secondary N) is 1. The molecule has 0 aromatic heterocycles. The lowest BCUT2D eigenvalue weighted by Crippen LogP contribution is -2.41. The highest BCUT2D eigenvalue weighted by molar-refractivity contribution is 7.89. The molecule has 0 saturated carbocycles. The van der Waals surface area contributed by atoms with E-state index in [1.807, 2.05) is 13.8 Å². The van der Waals surface area contributed by atoms with E-state index < -0.39 is 27.9 Å². The average Bonchev–Trinajstić information content (AvgIpc) is 2.45. The molecule has 128 valence electrons. The monoisotopic (exact) mass is 342 g/mol. The van der Waals surface area contributed by atoms with Crippen molar-refractivity contribution in [1.82, 2.24) is 9.62 Å². The van der Waals surface area contributed by atoms with Gasteiger partial charge >= 0.3 is 5.97 Å². The molecule has 0 aliphatic carbocycles. The number of carboxylic acids is 1. The minimum atomic E-state index is -3.56. The highest BCUT2D eigenvalue weighted by Gasteiger charge is 2.22. The molecule has 1 rings (SSSR count). The fourth-order valence-corrected chi connectivity index (χ4v) is 2.83. The van der Waals surface area contributed by atoms with Gasteiger partial charge in [-0.05, 0) is 36.6 Å². The van der Waals surface area contributed by atoms with Crippen LogP contribution in [-0.2, 0) is 14.8 Å². The molecule has 1 amide bonds. The van der Waals surface area contributed by atoms with Crippen LogP contribution in [0.4, 0.5) is 0 Å². The van der Waals surface area contributed by atoms with Gasteiger partial charge in [-0.1, -0.05) is 13.8 Å². The third-order valence-electron chi connectivity index (χ3n) is 3.21. The molecule has 2 N–H and O–H groups in total. The number of carboxylic acid groups (broad SMARTS) is 1. The largest absolute Gasteiger partial charge is 0.480 e. The van der Waals surface area contributed by atoms with E-state index in [9.17, 15) is 18.0 Å². The average molecular weight is 342 g/mol. The fraction of sp³-hybridized carbons (Fsp3) is 0.467. The first-order chi connectivity index (χ1) is 10.6. The summed E-state index contributed by atoms with van der Waals surface area (Å²) in [7, 11) is -0.732. The quantitative estimate of drug-likeness (QED) is 0.774. The van der Waals surface area contributed by atoms with E-state index in [0.717, 1.165) is 4.31 Å². The molecule has 1 atom stereocenters. The Morgan fingerprint density at radius 1 is 1.17 bits per heavy atom. The van der Waals surface area contributed by atoms with Gasteiger partial charge in [0.1, 0.15) is 6.04 Å². The Hall–Kier alpha value is -1.93. The normalized spacial score (nSPS) is 13.1. The molecule has 0 aliphatic rings. The van der Waals surface area contributed by atoms with Crippen molar-refractivity contribution in [2.24, 2.45) is 5.92 Å². The van der Waals surface area contributed by atoms with E-state index in [2.05, 4.69) is 5.32 Å². The van der Waals surface area contributed by atoms with Crippen LogP contribution in [0.15, 0.2) is 29.2 Å². The first-order valence-corrected chi connectivity index (χ1v) is 8.56.